The van der Waals surface area contributed by atoms with Crippen molar-refractivity contribution >= 4 is 49.1 Å². The minimum Gasteiger partial charge on any atom is -0.316 e. The Bertz CT molecular complexity index is 737. The van der Waals surface area contributed by atoms with E-state index in [0.717, 1.165) is 6.07 Å². The van der Waals surface area contributed by atoms with Crippen molar-refractivity contribution in [2.24, 2.45) is 0 Å². The van der Waals surface area contributed by atoms with Gasteiger partial charge in [0.1, 0.15) is 11.5 Å². The fraction of sp³-hybridized carbons (Fsp3) is 0. The molecule has 0 radical (unpaired) electrons. The summed E-state index contributed by atoms with van der Waals surface area (Å²) in [5, 5.41) is 13.4. The molecule has 0 saturated heterocycles. The number of benzene rings is 2. The van der Waals surface area contributed by atoms with E-state index in [9.17, 15) is 19.3 Å². The second-order valence-electron chi connectivity index (χ2n) is 4.00. The van der Waals surface area contributed by atoms with E-state index in [1.807, 2.05) is 0 Å². The van der Waals surface area contributed by atoms with E-state index < -0.39 is 16.6 Å². The number of carbonyl (C=O) groups excluding carboxylic acids is 1. The third kappa shape index (κ3) is 3.64. The molecule has 0 aliphatic rings. The molecular formula is C13H7Br2FN2O3. The van der Waals surface area contributed by atoms with E-state index in [0.29, 0.717) is 8.95 Å². The molecule has 0 atom stereocenters. The lowest BCUT2D eigenvalue weighted by Gasteiger charge is -2.08. The van der Waals surface area contributed by atoms with Crippen molar-refractivity contribution in [1.29, 1.82) is 0 Å². The molecule has 2 aromatic rings. The van der Waals surface area contributed by atoms with E-state index in [-0.39, 0.29) is 16.9 Å². The van der Waals surface area contributed by atoms with Gasteiger partial charge in [-0.25, -0.2) is 4.39 Å². The standard InChI is InChI=1S/C13H7Br2FN2O3/c14-7-1-4-11(12(5-7)18(20)21)17-13(19)9-6-8(16)2-3-10(9)15/h1-6H,(H,17,19). The number of amides is 1. The number of nitrogens with one attached hydrogen (secondary N) is 1. The van der Waals surface area contributed by atoms with Crippen LogP contribution in [0.5, 0.6) is 0 Å². The van der Waals surface area contributed by atoms with E-state index in [1.165, 1.54) is 24.3 Å². The van der Waals surface area contributed by atoms with Crippen molar-refractivity contribution in [3.8, 4) is 0 Å². The Balaban J connectivity index is 2.36. The fourth-order valence-electron chi connectivity index (χ4n) is 1.62. The predicted octanol–water partition coefficient (Wildman–Crippen LogP) is 4.51. The quantitative estimate of drug-likeness (QED) is 0.589. The lowest BCUT2D eigenvalue weighted by Crippen LogP contribution is -2.14. The second-order valence-corrected chi connectivity index (χ2v) is 5.77. The van der Waals surface area contributed by atoms with E-state index in [1.54, 1.807) is 6.07 Å². The third-order valence-corrected chi connectivity index (χ3v) is 3.76. The van der Waals surface area contributed by atoms with Gasteiger partial charge >= 0.3 is 0 Å². The number of carbonyl (C=O) groups is 1. The monoisotopic (exact) mass is 416 g/mol. The van der Waals surface area contributed by atoms with E-state index in [4.69, 9.17) is 0 Å². The first-order chi connectivity index (χ1) is 9.88. The molecular weight excluding hydrogens is 411 g/mol. The molecule has 0 bridgehead atoms. The SMILES string of the molecule is O=C(Nc1ccc(Br)cc1[N+](=O)[O-])c1cc(F)ccc1Br. The number of nitrogens with zero attached hydrogens (tertiary/aromatic N) is 1. The van der Waals surface area contributed by atoms with Crippen LogP contribution in [0.3, 0.4) is 0 Å². The van der Waals surface area contributed by atoms with Crippen molar-refractivity contribution in [1.82, 2.24) is 0 Å². The molecule has 2 aromatic carbocycles. The average molecular weight is 418 g/mol. The molecule has 108 valence electrons. The predicted molar refractivity (Wildman–Crippen MR) is 82.8 cm³/mol. The summed E-state index contributed by atoms with van der Waals surface area (Å²) in [7, 11) is 0. The van der Waals surface area contributed by atoms with Gasteiger partial charge in [-0.3, -0.25) is 14.9 Å². The van der Waals surface area contributed by atoms with Gasteiger partial charge in [-0.1, -0.05) is 15.9 Å². The number of hydrogen-bond acceptors (Lipinski definition) is 3. The molecule has 0 fully saturated rings. The number of halogens is 3. The molecule has 0 aliphatic heterocycles. The second kappa shape index (κ2) is 6.31. The first-order valence-corrected chi connectivity index (χ1v) is 7.17. The van der Waals surface area contributed by atoms with Gasteiger partial charge in [-0.05, 0) is 46.3 Å². The van der Waals surface area contributed by atoms with Gasteiger partial charge in [0.2, 0.25) is 0 Å². The number of rotatable bonds is 3. The summed E-state index contributed by atoms with van der Waals surface area (Å²) in [5.41, 5.74) is -0.179. The van der Waals surface area contributed by atoms with Gasteiger partial charge in [0.05, 0.1) is 10.5 Å². The van der Waals surface area contributed by atoms with Gasteiger partial charge in [0, 0.05) is 15.0 Å². The fourth-order valence-corrected chi connectivity index (χ4v) is 2.40. The molecule has 1 N–H and O–H groups in total. The highest BCUT2D eigenvalue weighted by Gasteiger charge is 2.18. The summed E-state index contributed by atoms with van der Waals surface area (Å²) in [6.45, 7) is 0. The maximum Gasteiger partial charge on any atom is 0.293 e. The minimum absolute atomic E-state index is 0.0318. The molecule has 0 aromatic heterocycles. The van der Waals surface area contributed by atoms with Crippen LogP contribution in [0.25, 0.3) is 0 Å². The largest absolute Gasteiger partial charge is 0.316 e. The maximum atomic E-state index is 13.2. The Morgan fingerprint density at radius 3 is 2.57 bits per heavy atom. The molecule has 5 nitrogen and oxygen atoms in total. The number of nitro groups is 1. The number of anilines is 1. The molecule has 21 heavy (non-hydrogen) atoms. The van der Waals surface area contributed by atoms with Gasteiger partial charge in [-0.2, -0.15) is 0 Å². The molecule has 0 aliphatic carbocycles. The summed E-state index contributed by atoms with van der Waals surface area (Å²) >= 11 is 6.26. The Labute approximate surface area is 135 Å². The Kier molecular flexibility index (Phi) is 4.69. The van der Waals surface area contributed by atoms with Crippen LogP contribution in [0.15, 0.2) is 45.3 Å². The zero-order valence-corrected chi connectivity index (χ0v) is 13.4. The normalized spacial score (nSPS) is 10.2. The van der Waals surface area contributed by atoms with Crippen LogP contribution in [0.4, 0.5) is 15.8 Å². The summed E-state index contributed by atoms with van der Waals surface area (Å²) < 4.78 is 14.1. The summed E-state index contributed by atoms with van der Waals surface area (Å²) in [4.78, 5) is 22.5. The minimum atomic E-state index is -0.646. The maximum absolute atomic E-state index is 13.2. The van der Waals surface area contributed by atoms with Crippen molar-refractivity contribution < 1.29 is 14.1 Å². The number of hydrogen-bond donors (Lipinski definition) is 1. The van der Waals surface area contributed by atoms with E-state index >= 15 is 0 Å². The lowest BCUT2D eigenvalue weighted by atomic mass is 10.2. The van der Waals surface area contributed by atoms with Crippen molar-refractivity contribution in [3.63, 3.8) is 0 Å². The summed E-state index contributed by atoms with van der Waals surface area (Å²) in [6, 6.07) is 7.86. The van der Waals surface area contributed by atoms with Crippen molar-refractivity contribution in [3.05, 3.63) is 66.8 Å². The smallest absolute Gasteiger partial charge is 0.293 e. The molecule has 8 heteroatoms. The van der Waals surface area contributed by atoms with Gasteiger partial charge in [0.15, 0.2) is 0 Å². The molecule has 0 unspecified atom stereocenters. The highest BCUT2D eigenvalue weighted by Crippen LogP contribution is 2.29. The van der Waals surface area contributed by atoms with Crippen LogP contribution in [-0.2, 0) is 0 Å². The topological polar surface area (TPSA) is 72.2 Å². The Hall–Kier alpha value is -1.80. The van der Waals surface area contributed by atoms with Gasteiger partial charge < -0.3 is 5.32 Å². The highest BCUT2D eigenvalue weighted by atomic mass is 79.9. The highest BCUT2D eigenvalue weighted by molar-refractivity contribution is 9.10. The van der Waals surface area contributed by atoms with Crippen LogP contribution in [0.1, 0.15) is 10.4 Å². The zero-order chi connectivity index (χ0) is 15.6. The molecule has 2 rings (SSSR count). The summed E-state index contributed by atoms with van der Waals surface area (Å²) in [5.74, 6) is -1.22. The Morgan fingerprint density at radius 1 is 1.19 bits per heavy atom. The molecule has 0 heterocycles. The van der Waals surface area contributed by atoms with Crippen molar-refractivity contribution in [2.45, 2.75) is 0 Å². The van der Waals surface area contributed by atoms with Crippen LogP contribution in [-0.4, -0.2) is 10.8 Å². The molecule has 0 saturated carbocycles. The van der Waals surface area contributed by atoms with Crippen molar-refractivity contribution in [2.75, 3.05) is 5.32 Å². The van der Waals surface area contributed by atoms with Crippen LogP contribution < -0.4 is 5.32 Å². The average Bonchev–Trinajstić information content (AvgIpc) is 2.43. The first-order valence-electron chi connectivity index (χ1n) is 5.59. The van der Waals surface area contributed by atoms with Gasteiger partial charge in [0.25, 0.3) is 11.6 Å². The van der Waals surface area contributed by atoms with Crippen LogP contribution in [0.2, 0.25) is 0 Å². The van der Waals surface area contributed by atoms with Crippen LogP contribution >= 0.6 is 31.9 Å². The summed E-state index contributed by atoms with van der Waals surface area (Å²) in [6.07, 6.45) is 0. The molecule has 0 spiro atoms. The van der Waals surface area contributed by atoms with Crippen LogP contribution in [0, 0.1) is 15.9 Å². The first kappa shape index (κ1) is 15.6. The lowest BCUT2D eigenvalue weighted by molar-refractivity contribution is -0.384. The van der Waals surface area contributed by atoms with Gasteiger partial charge in [-0.15, -0.1) is 0 Å². The van der Waals surface area contributed by atoms with E-state index in [2.05, 4.69) is 37.2 Å². The Morgan fingerprint density at radius 2 is 1.90 bits per heavy atom. The number of nitro benzene ring substituents is 1. The molecule has 1 amide bonds. The third-order valence-electron chi connectivity index (χ3n) is 2.58. The zero-order valence-electron chi connectivity index (χ0n) is 10.3.